The van der Waals surface area contributed by atoms with Crippen LogP contribution in [-0.4, -0.2) is 32.1 Å². The highest BCUT2D eigenvalue weighted by molar-refractivity contribution is 5.10. The first-order valence-corrected chi connectivity index (χ1v) is 8.00. The molecule has 0 aliphatic carbocycles. The maximum Gasteiger partial charge on any atom is 0.253 e. The van der Waals surface area contributed by atoms with Crippen molar-refractivity contribution in [3.05, 3.63) is 63.2 Å². The number of likely N-dealkylation sites (tertiary alicyclic amines) is 1. The third kappa shape index (κ3) is 3.96. The second-order valence-electron chi connectivity index (χ2n) is 6.27. The van der Waals surface area contributed by atoms with Crippen molar-refractivity contribution in [2.45, 2.75) is 25.9 Å². The zero-order valence-electron chi connectivity index (χ0n) is 13.4. The Morgan fingerprint density at radius 2 is 1.96 bits per heavy atom. The summed E-state index contributed by atoms with van der Waals surface area (Å²) in [6.07, 6.45) is 7.09. The highest BCUT2D eigenvalue weighted by Gasteiger charge is 2.20. The molecule has 0 spiro atoms. The molecule has 2 aromatic rings. The highest BCUT2D eigenvalue weighted by atomic mass is 16.1. The first kappa shape index (κ1) is 15.7. The molecule has 0 saturated carbocycles. The first-order chi connectivity index (χ1) is 11.1. The number of hydrogen-bond acceptors (Lipinski definition) is 4. The largest absolute Gasteiger partial charge is 0.319 e. The van der Waals surface area contributed by atoms with Gasteiger partial charge in [0, 0.05) is 44.7 Å². The summed E-state index contributed by atoms with van der Waals surface area (Å²) in [5.74, 6) is 0.511. The van der Waals surface area contributed by atoms with E-state index in [0.717, 1.165) is 44.6 Å². The van der Waals surface area contributed by atoms with Crippen LogP contribution in [0.25, 0.3) is 0 Å². The van der Waals surface area contributed by atoms with Crippen LogP contribution in [0.3, 0.4) is 0 Å². The van der Waals surface area contributed by atoms with Gasteiger partial charge in [0.05, 0.1) is 6.33 Å². The van der Waals surface area contributed by atoms with E-state index in [0.29, 0.717) is 5.92 Å². The van der Waals surface area contributed by atoms with Crippen LogP contribution < -0.4 is 11.1 Å². The summed E-state index contributed by atoms with van der Waals surface area (Å²) in [6, 6.07) is 5.22. The van der Waals surface area contributed by atoms with E-state index in [1.165, 1.54) is 12.3 Å². The third-order valence-electron chi connectivity index (χ3n) is 4.53. The lowest BCUT2D eigenvalue weighted by molar-refractivity contribution is 0.166. The van der Waals surface area contributed by atoms with E-state index in [9.17, 15) is 9.59 Å². The molecule has 2 aromatic heterocycles. The number of aromatic nitrogens is 3. The standard InChI is InChI=1S/C17H22N4O2/c1-19-7-3-15(10-17(19)23)11-20-8-4-14(5-9-20)12-21-13-18-6-2-16(21)22/h2-3,6-7,10,13-14H,4-5,8-9,11-12H2,1H3. The van der Waals surface area contributed by atoms with Gasteiger partial charge in [-0.15, -0.1) is 0 Å². The molecule has 0 unspecified atom stereocenters. The molecule has 0 bridgehead atoms. The van der Waals surface area contributed by atoms with Crippen molar-refractivity contribution in [3.63, 3.8) is 0 Å². The Labute approximate surface area is 135 Å². The van der Waals surface area contributed by atoms with E-state index < -0.39 is 0 Å². The zero-order chi connectivity index (χ0) is 16.2. The van der Waals surface area contributed by atoms with E-state index in [2.05, 4.69) is 9.88 Å². The monoisotopic (exact) mass is 314 g/mol. The fraction of sp³-hybridized carbons (Fsp3) is 0.471. The van der Waals surface area contributed by atoms with E-state index in [4.69, 9.17) is 0 Å². The molecular weight excluding hydrogens is 292 g/mol. The highest BCUT2D eigenvalue weighted by Crippen LogP contribution is 2.19. The second kappa shape index (κ2) is 6.91. The van der Waals surface area contributed by atoms with Crippen molar-refractivity contribution in [1.29, 1.82) is 0 Å². The Morgan fingerprint density at radius 3 is 2.65 bits per heavy atom. The Balaban J connectivity index is 1.54. The van der Waals surface area contributed by atoms with Crippen LogP contribution in [0, 0.1) is 5.92 Å². The van der Waals surface area contributed by atoms with Crippen LogP contribution in [-0.2, 0) is 20.1 Å². The van der Waals surface area contributed by atoms with E-state index in [1.807, 2.05) is 12.3 Å². The Morgan fingerprint density at radius 1 is 1.17 bits per heavy atom. The van der Waals surface area contributed by atoms with Crippen LogP contribution in [0.4, 0.5) is 0 Å². The Hall–Kier alpha value is -2.21. The molecule has 1 fully saturated rings. The van der Waals surface area contributed by atoms with Gasteiger partial charge in [0.25, 0.3) is 11.1 Å². The van der Waals surface area contributed by atoms with Gasteiger partial charge in [-0.2, -0.15) is 0 Å². The molecule has 0 N–H and O–H groups in total. The number of hydrogen-bond donors (Lipinski definition) is 0. The maximum absolute atomic E-state index is 11.7. The molecule has 6 nitrogen and oxygen atoms in total. The van der Waals surface area contributed by atoms with Gasteiger partial charge >= 0.3 is 0 Å². The SMILES string of the molecule is Cn1ccc(CN2CCC(Cn3cnccc3=O)CC2)cc1=O. The topological polar surface area (TPSA) is 60.1 Å². The average Bonchev–Trinajstić information content (AvgIpc) is 2.55. The number of nitrogens with zero attached hydrogens (tertiary/aromatic N) is 4. The van der Waals surface area contributed by atoms with Gasteiger partial charge in [-0.25, -0.2) is 4.98 Å². The van der Waals surface area contributed by atoms with Crippen molar-refractivity contribution in [2.24, 2.45) is 13.0 Å². The van der Waals surface area contributed by atoms with Gasteiger partial charge < -0.3 is 4.57 Å². The molecule has 0 amide bonds. The van der Waals surface area contributed by atoms with Crippen LogP contribution in [0.2, 0.25) is 0 Å². The fourth-order valence-corrected chi connectivity index (χ4v) is 3.07. The van der Waals surface area contributed by atoms with Gasteiger partial charge in [-0.1, -0.05) is 0 Å². The molecule has 3 heterocycles. The summed E-state index contributed by atoms with van der Waals surface area (Å²) in [6.45, 7) is 3.55. The second-order valence-corrected chi connectivity index (χ2v) is 6.27. The normalized spacial score (nSPS) is 16.6. The predicted octanol–water partition coefficient (Wildman–Crippen LogP) is 0.854. The summed E-state index contributed by atoms with van der Waals surface area (Å²) >= 11 is 0. The molecule has 0 aromatic carbocycles. The van der Waals surface area contributed by atoms with Crippen LogP contribution >= 0.6 is 0 Å². The molecule has 0 atom stereocenters. The van der Waals surface area contributed by atoms with Gasteiger partial charge in [0.15, 0.2) is 0 Å². The lowest BCUT2D eigenvalue weighted by atomic mass is 9.96. The van der Waals surface area contributed by atoms with Crippen LogP contribution in [0.1, 0.15) is 18.4 Å². The summed E-state index contributed by atoms with van der Waals surface area (Å²) in [5, 5.41) is 0. The lowest BCUT2D eigenvalue weighted by Gasteiger charge is -2.32. The minimum atomic E-state index is 0.0163. The molecule has 1 aliphatic rings. The molecule has 1 saturated heterocycles. The van der Waals surface area contributed by atoms with E-state index in [1.54, 1.807) is 28.6 Å². The summed E-state index contributed by atoms with van der Waals surface area (Å²) in [4.78, 5) is 29.8. The molecule has 6 heteroatoms. The molecule has 3 rings (SSSR count). The summed E-state index contributed by atoms with van der Waals surface area (Å²) < 4.78 is 3.28. The van der Waals surface area contributed by atoms with Crippen molar-refractivity contribution < 1.29 is 0 Å². The quantitative estimate of drug-likeness (QED) is 0.839. The molecule has 0 radical (unpaired) electrons. The fourth-order valence-electron chi connectivity index (χ4n) is 3.07. The molecule has 1 aliphatic heterocycles. The van der Waals surface area contributed by atoms with E-state index >= 15 is 0 Å². The number of piperidine rings is 1. The summed E-state index contributed by atoms with van der Waals surface area (Å²) in [5.41, 5.74) is 1.12. The average molecular weight is 314 g/mol. The maximum atomic E-state index is 11.7. The lowest BCUT2D eigenvalue weighted by Crippen LogP contribution is -2.36. The molecule has 23 heavy (non-hydrogen) atoms. The number of pyridine rings is 1. The van der Waals surface area contributed by atoms with Crippen LogP contribution in [0.15, 0.2) is 46.5 Å². The third-order valence-corrected chi connectivity index (χ3v) is 4.53. The van der Waals surface area contributed by atoms with Gasteiger partial charge in [0.2, 0.25) is 0 Å². The van der Waals surface area contributed by atoms with E-state index in [-0.39, 0.29) is 11.1 Å². The molecule has 122 valence electrons. The molecular formula is C17H22N4O2. The Bertz CT molecular complexity index is 772. The zero-order valence-corrected chi connectivity index (χ0v) is 13.4. The van der Waals surface area contributed by atoms with Crippen molar-refractivity contribution >= 4 is 0 Å². The van der Waals surface area contributed by atoms with Crippen molar-refractivity contribution in [1.82, 2.24) is 19.0 Å². The smallest absolute Gasteiger partial charge is 0.253 e. The van der Waals surface area contributed by atoms with Gasteiger partial charge in [-0.05, 0) is 43.5 Å². The number of aryl methyl sites for hydroxylation is 1. The van der Waals surface area contributed by atoms with Gasteiger partial charge in [0.1, 0.15) is 0 Å². The first-order valence-electron chi connectivity index (χ1n) is 8.00. The minimum Gasteiger partial charge on any atom is -0.319 e. The van der Waals surface area contributed by atoms with Crippen molar-refractivity contribution in [2.75, 3.05) is 13.1 Å². The van der Waals surface area contributed by atoms with Crippen molar-refractivity contribution in [3.8, 4) is 0 Å². The van der Waals surface area contributed by atoms with Crippen LogP contribution in [0.5, 0.6) is 0 Å². The minimum absolute atomic E-state index is 0.0163. The van der Waals surface area contributed by atoms with Gasteiger partial charge in [-0.3, -0.25) is 19.1 Å². The number of rotatable bonds is 4. The predicted molar refractivity (Wildman–Crippen MR) is 88.2 cm³/mol. The summed E-state index contributed by atoms with van der Waals surface area (Å²) in [7, 11) is 1.76. The Kier molecular flexibility index (Phi) is 4.71.